The molecule has 0 unspecified atom stereocenters. The van der Waals surface area contributed by atoms with Crippen LogP contribution in [0.1, 0.15) is 33.6 Å². The number of alkyl halides is 2. The van der Waals surface area contributed by atoms with Gasteiger partial charge in [0.15, 0.2) is 0 Å². The van der Waals surface area contributed by atoms with E-state index in [-0.39, 0.29) is 17.7 Å². The zero-order valence-electron chi connectivity index (χ0n) is 14.0. The number of halogens is 2. The fourth-order valence-electron chi connectivity index (χ4n) is 2.33. The molecule has 1 saturated heterocycles. The Morgan fingerprint density at radius 3 is 2.83 bits per heavy atom. The van der Waals surface area contributed by atoms with E-state index in [2.05, 4.69) is 9.72 Å². The first kappa shape index (κ1) is 18.2. The van der Waals surface area contributed by atoms with Crippen molar-refractivity contribution in [3.63, 3.8) is 0 Å². The maximum atomic E-state index is 12.2. The first-order valence-electron chi connectivity index (χ1n) is 7.78. The van der Waals surface area contributed by atoms with E-state index in [1.165, 1.54) is 18.3 Å². The average Bonchev–Trinajstić information content (AvgIpc) is 2.45. The molecule has 1 aliphatic heterocycles. The zero-order chi connectivity index (χ0) is 17.7. The van der Waals surface area contributed by atoms with E-state index in [0.29, 0.717) is 13.1 Å². The van der Waals surface area contributed by atoms with Gasteiger partial charge in [0.1, 0.15) is 17.5 Å². The zero-order valence-corrected chi connectivity index (χ0v) is 14.0. The highest BCUT2D eigenvalue weighted by Crippen LogP contribution is 2.22. The predicted octanol–water partition coefficient (Wildman–Crippen LogP) is 3.46. The molecule has 0 bridgehead atoms. The van der Waals surface area contributed by atoms with Gasteiger partial charge >= 0.3 is 12.7 Å². The number of amides is 1. The minimum atomic E-state index is -2.91. The quantitative estimate of drug-likeness (QED) is 0.837. The van der Waals surface area contributed by atoms with Gasteiger partial charge < -0.3 is 19.1 Å². The molecule has 1 atom stereocenters. The van der Waals surface area contributed by atoms with Gasteiger partial charge in [0.05, 0.1) is 6.54 Å². The number of likely N-dealkylation sites (tertiary alicyclic amines) is 1. The van der Waals surface area contributed by atoms with Crippen molar-refractivity contribution in [2.24, 2.45) is 0 Å². The summed E-state index contributed by atoms with van der Waals surface area (Å²) in [6.07, 6.45) is 2.17. The topological polar surface area (TPSA) is 60.9 Å². The maximum Gasteiger partial charge on any atom is 0.410 e. The van der Waals surface area contributed by atoms with Crippen LogP contribution in [0.15, 0.2) is 18.3 Å². The lowest BCUT2D eigenvalue weighted by Crippen LogP contribution is -2.46. The van der Waals surface area contributed by atoms with Crippen molar-refractivity contribution in [2.45, 2.75) is 51.9 Å². The van der Waals surface area contributed by atoms with E-state index in [0.717, 1.165) is 12.8 Å². The Bertz CT molecular complexity index is 563. The molecule has 0 N–H and O–H groups in total. The third-order valence-electron chi connectivity index (χ3n) is 3.25. The van der Waals surface area contributed by atoms with Crippen molar-refractivity contribution in [2.75, 3.05) is 13.1 Å². The van der Waals surface area contributed by atoms with Crippen LogP contribution in [0.25, 0.3) is 0 Å². The molecule has 0 radical (unpaired) electrons. The minimum absolute atomic E-state index is 0.0187. The van der Waals surface area contributed by atoms with Crippen LogP contribution in [0.4, 0.5) is 13.6 Å². The van der Waals surface area contributed by atoms with E-state index in [1.807, 2.05) is 0 Å². The number of piperidine rings is 1. The number of carbonyl (C=O) groups is 1. The minimum Gasteiger partial charge on any atom is -0.472 e. The normalized spacial score (nSPS) is 18.4. The molecular formula is C16H22F2N2O4. The first-order chi connectivity index (χ1) is 11.2. The van der Waals surface area contributed by atoms with Gasteiger partial charge in [-0.2, -0.15) is 8.78 Å². The lowest BCUT2D eigenvalue weighted by atomic mass is 10.1. The Kier molecular flexibility index (Phi) is 5.80. The molecule has 1 fully saturated rings. The molecular weight excluding hydrogens is 322 g/mol. The number of rotatable bonds is 4. The monoisotopic (exact) mass is 344 g/mol. The lowest BCUT2D eigenvalue weighted by Gasteiger charge is -2.33. The molecule has 0 aromatic carbocycles. The highest BCUT2D eigenvalue weighted by Gasteiger charge is 2.28. The summed E-state index contributed by atoms with van der Waals surface area (Å²) < 4.78 is 39.9. The van der Waals surface area contributed by atoms with Crippen LogP contribution in [-0.2, 0) is 4.74 Å². The number of carbonyl (C=O) groups excluding carboxylic acids is 1. The summed E-state index contributed by atoms with van der Waals surface area (Å²) in [5.41, 5.74) is -0.562. The van der Waals surface area contributed by atoms with Crippen molar-refractivity contribution in [1.82, 2.24) is 9.88 Å². The number of ether oxygens (including phenoxy) is 3. The predicted molar refractivity (Wildman–Crippen MR) is 82.3 cm³/mol. The fraction of sp³-hybridized carbons (Fsp3) is 0.625. The van der Waals surface area contributed by atoms with E-state index in [1.54, 1.807) is 25.7 Å². The maximum absolute atomic E-state index is 12.2. The largest absolute Gasteiger partial charge is 0.472 e. The van der Waals surface area contributed by atoms with Gasteiger partial charge in [-0.3, -0.25) is 0 Å². The molecule has 1 amide bonds. The molecule has 1 aromatic heterocycles. The Labute approximate surface area is 139 Å². The standard InChI is InChI=1S/C16H22F2N2O4/c1-16(2,3)24-15(21)20-8-4-5-12(10-20)22-13-9-11(6-7-19-13)23-14(17)18/h6-7,9,12,14H,4-5,8,10H2,1-3H3/t12-/m1/s1. The third kappa shape index (κ3) is 5.82. The lowest BCUT2D eigenvalue weighted by molar-refractivity contribution is -0.0501. The first-order valence-corrected chi connectivity index (χ1v) is 7.78. The van der Waals surface area contributed by atoms with Crippen LogP contribution in [0.2, 0.25) is 0 Å². The van der Waals surface area contributed by atoms with Crippen molar-refractivity contribution < 1.29 is 27.8 Å². The molecule has 0 spiro atoms. The molecule has 8 heteroatoms. The number of pyridine rings is 1. The fourth-order valence-corrected chi connectivity index (χ4v) is 2.33. The van der Waals surface area contributed by atoms with E-state index < -0.39 is 18.3 Å². The van der Waals surface area contributed by atoms with Crippen LogP contribution in [-0.4, -0.2) is 47.4 Å². The van der Waals surface area contributed by atoms with Crippen LogP contribution < -0.4 is 9.47 Å². The average molecular weight is 344 g/mol. The molecule has 6 nitrogen and oxygen atoms in total. The van der Waals surface area contributed by atoms with Gasteiger partial charge in [-0.15, -0.1) is 0 Å². The SMILES string of the molecule is CC(C)(C)OC(=O)N1CCC[C@@H](Oc2cc(OC(F)F)ccn2)C1. The number of hydrogen-bond donors (Lipinski definition) is 0. The summed E-state index contributed by atoms with van der Waals surface area (Å²) >= 11 is 0. The second-order valence-corrected chi connectivity index (χ2v) is 6.52. The summed E-state index contributed by atoms with van der Waals surface area (Å²) in [6.45, 7) is 3.47. The summed E-state index contributed by atoms with van der Waals surface area (Å²) in [4.78, 5) is 17.7. The molecule has 24 heavy (non-hydrogen) atoms. The number of nitrogens with zero attached hydrogens (tertiary/aromatic N) is 2. The van der Waals surface area contributed by atoms with Gasteiger partial charge in [0.2, 0.25) is 5.88 Å². The van der Waals surface area contributed by atoms with Gasteiger partial charge in [-0.05, 0) is 39.7 Å². The third-order valence-corrected chi connectivity index (χ3v) is 3.25. The van der Waals surface area contributed by atoms with Crippen molar-refractivity contribution >= 4 is 6.09 Å². The van der Waals surface area contributed by atoms with Gasteiger partial charge in [0.25, 0.3) is 0 Å². The molecule has 2 heterocycles. The summed E-state index contributed by atoms with van der Waals surface area (Å²) in [7, 11) is 0. The van der Waals surface area contributed by atoms with Gasteiger partial charge in [0, 0.05) is 18.8 Å². The van der Waals surface area contributed by atoms with Gasteiger partial charge in [-0.25, -0.2) is 9.78 Å². The number of hydrogen-bond acceptors (Lipinski definition) is 5. The highest BCUT2D eigenvalue weighted by molar-refractivity contribution is 5.68. The smallest absolute Gasteiger partial charge is 0.410 e. The Balaban J connectivity index is 1.94. The Morgan fingerprint density at radius 1 is 1.42 bits per heavy atom. The molecule has 1 aromatic rings. The van der Waals surface area contributed by atoms with E-state index in [4.69, 9.17) is 9.47 Å². The van der Waals surface area contributed by atoms with Crippen molar-refractivity contribution in [3.8, 4) is 11.6 Å². The van der Waals surface area contributed by atoms with Crippen LogP contribution in [0.3, 0.4) is 0 Å². The molecule has 1 aliphatic rings. The summed E-state index contributed by atoms with van der Waals surface area (Å²) in [5, 5.41) is 0. The number of aromatic nitrogens is 1. The van der Waals surface area contributed by atoms with Gasteiger partial charge in [-0.1, -0.05) is 0 Å². The second kappa shape index (κ2) is 7.63. The van der Waals surface area contributed by atoms with E-state index >= 15 is 0 Å². The molecule has 0 aliphatic carbocycles. The molecule has 2 rings (SSSR count). The molecule has 0 saturated carbocycles. The Morgan fingerprint density at radius 2 is 2.17 bits per heavy atom. The second-order valence-electron chi connectivity index (χ2n) is 6.52. The highest BCUT2D eigenvalue weighted by atomic mass is 19.3. The summed E-state index contributed by atoms with van der Waals surface area (Å²) in [6, 6.07) is 2.63. The summed E-state index contributed by atoms with van der Waals surface area (Å²) in [5.74, 6) is 0.166. The van der Waals surface area contributed by atoms with Crippen LogP contribution in [0.5, 0.6) is 11.6 Å². The van der Waals surface area contributed by atoms with Crippen LogP contribution >= 0.6 is 0 Å². The van der Waals surface area contributed by atoms with Crippen molar-refractivity contribution in [1.29, 1.82) is 0 Å². The van der Waals surface area contributed by atoms with Crippen molar-refractivity contribution in [3.05, 3.63) is 18.3 Å². The van der Waals surface area contributed by atoms with Crippen LogP contribution in [0, 0.1) is 0 Å². The molecule has 134 valence electrons. The Hall–Kier alpha value is -2.12. The van der Waals surface area contributed by atoms with E-state index in [9.17, 15) is 13.6 Å².